The molecule has 1 aliphatic rings. The van der Waals surface area contributed by atoms with E-state index in [1.807, 2.05) is 24.5 Å². The standard InChI is InChI=1S/C12H11NOS.C5H10/c1-15-11-5-2-9(3-6-11)12-7-4-10(14)8-13-12;1-4-3-5(4)2/h2-8,14H,1H3;4-5H,3H2,1-2H3/t;4-,5?/m.0/s1. The number of nitrogens with zero attached hydrogens (tertiary/aromatic N) is 1. The number of rotatable bonds is 2. The molecule has 0 radical (unpaired) electrons. The Bertz CT molecular complexity index is 530. The summed E-state index contributed by atoms with van der Waals surface area (Å²) in [6, 6.07) is 11.6. The number of hydrogen-bond donors (Lipinski definition) is 1. The average molecular weight is 287 g/mol. The molecule has 1 aromatic carbocycles. The van der Waals surface area contributed by atoms with Gasteiger partial charge in [-0.05, 0) is 48.8 Å². The number of thioether (sulfide) groups is 1. The summed E-state index contributed by atoms with van der Waals surface area (Å²) in [6.45, 7) is 4.59. The van der Waals surface area contributed by atoms with Crippen molar-refractivity contribution in [3.63, 3.8) is 0 Å². The second-order valence-electron chi connectivity index (χ2n) is 5.32. The Hall–Kier alpha value is -1.48. The highest BCUT2D eigenvalue weighted by atomic mass is 32.2. The highest BCUT2D eigenvalue weighted by molar-refractivity contribution is 7.98. The maximum atomic E-state index is 9.12. The van der Waals surface area contributed by atoms with Crippen molar-refractivity contribution in [3.05, 3.63) is 42.6 Å². The van der Waals surface area contributed by atoms with Crippen LogP contribution in [0.5, 0.6) is 5.75 Å². The van der Waals surface area contributed by atoms with Crippen LogP contribution < -0.4 is 0 Å². The molecule has 1 aliphatic carbocycles. The third kappa shape index (κ3) is 4.27. The van der Waals surface area contributed by atoms with Gasteiger partial charge in [0.25, 0.3) is 0 Å². The summed E-state index contributed by atoms with van der Waals surface area (Å²) >= 11 is 1.71. The van der Waals surface area contributed by atoms with Crippen LogP contribution in [0.25, 0.3) is 11.3 Å². The first-order valence-electron chi connectivity index (χ1n) is 6.89. The van der Waals surface area contributed by atoms with Gasteiger partial charge < -0.3 is 5.11 Å². The molecule has 2 aromatic rings. The number of benzene rings is 1. The predicted molar refractivity (Wildman–Crippen MR) is 86.1 cm³/mol. The van der Waals surface area contributed by atoms with Gasteiger partial charge in [-0.1, -0.05) is 26.0 Å². The lowest BCUT2D eigenvalue weighted by Gasteiger charge is -2.01. The molecule has 2 atom stereocenters. The SMILES string of the molecule is CC1C[C@@H]1C.CSc1ccc(-c2ccc(O)cn2)cc1. The Morgan fingerprint density at radius 3 is 2.05 bits per heavy atom. The third-order valence-corrected chi connectivity index (χ3v) is 4.39. The molecule has 3 heteroatoms. The zero-order valence-electron chi connectivity index (χ0n) is 12.2. The molecule has 0 spiro atoms. The van der Waals surface area contributed by atoms with Gasteiger partial charge in [0.1, 0.15) is 5.75 Å². The van der Waals surface area contributed by atoms with Crippen molar-refractivity contribution in [1.82, 2.24) is 4.98 Å². The highest BCUT2D eigenvalue weighted by Crippen LogP contribution is 2.36. The van der Waals surface area contributed by atoms with E-state index < -0.39 is 0 Å². The predicted octanol–water partition coefficient (Wildman–Crippen LogP) is 4.84. The van der Waals surface area contributed by atoms with Crippen molar-refractivity contribution < 1.29 is 5.11 Å². The van der Waals surface area contributed by atoms with Crippen LogP contribution in [0.3, 0.4) is 0 Å². The Labute approximate surface area is 125 Å². The van der Waals surface area contributed by atoms with Crippen LogP contribution in [0, 0.1) is 11.8 Å². The van der Waals surface area contributed by atoms with E-state index in [9.17, 15) is 0 Å². The maximum absolute atomic E-state index is 9.12. The molecule has 1 N–H and O–H groups in total. The van der Waals surface area contributed by atoms with E-state index in [1.165, 1.54) is 17.5 Å². The first-order chi connectivity index (χ1) is 9.60. The maximum Gasteiger partial charge on any atom is 0.133 e. The van der Waals surface area contributed by atoms with Gasteiger partial charge in [-0.25, -0.2) is 0 Å². The largest absolute Gasteiger partial charge is 0.506 e. The number of aromatic nitrogens is 1. The smallest absolute Gasteiger partial charge is 0.133 e. The number of pyridine rings is 1. The van der Waals surface area contributed by atoms with Crippen molar-refractivity contribution >= 4 is 11.8 Å². The van der Waals surface area contributed by atoms with E-state index in [4.69, 9.17) is 5.11 Å². The van der Waals surface area contributed by atoms with Crippen LogP contribution in [0.4, 0.5) is 0 Å². The van der Waals surface area contributed by atoms with E-state index >= 15 is 0 Å². The Morgan fingerprint density at radius 1 is 1.05 bits per heavy atom. The third-order valence-electron chi connectivity index (χ3n) is 3.65. The summed E-state index contributed by atoms with van der Waals surface area (Å²) in [5, 5.41) is 9.12. The molecule has 1 unspecified atom stereocenters. The van der Waals surface area contributed by atoms with Gasteiger partial charge in [-0.3, -0.25) is 4.98 Å². The monoisotopic (exact) mass is 287 g/mol. The zero-order valence-corrected chi connectivity index (χ0v) is 13.0. The minimum atomic E-state index is 0.194. The molecule has 0 aliphatic heterocycles. The molecular formula is C17H21NOS. The van der Waals surface area contributed by atoms with Crippen LogP contribution in [0.1, 0.15) is 20.3 Å². The van der Waals surface area contributed by atoms with Crippen molar-refractivity contribution in [1.29, 1.82) is 0 Å². The highest BCUT2D eigenvalue weighted by Gasteiger charge is 2.26. The lowest BCUT2D eigenvalue weighted by molar-refractivity contribution is 0.473. The first-order valence-corrected chi connectivity index (χ1v) is 8.12. The molecule has 2 nitrogen and oxygen atoms in total. The van der Waals surface area contributed by atoms with Gasteiger partial charge in [-0.2, -0.15) is 0 Å². The summed E-state index contributed by atoms with van der Waals surface area (Å²) in [4.78, 5) is 5.38. The fourth-order valence-electron chi connectivity index (χ4n) is 1.83. The number of hydrogen-bond acceptors (Lipinski definition) is 3. The molecule has 0 saturated heterocycles. The van der Waals surface area contributed by atoms with Crippen LogP contribution in [-0.2, 0) is 0 Å². The first kappa shape index (κ1) is 14.9. The van der Waals surface area contributed by atoms with E-state index in [1.54, 1.807) is 17.8 Å². The van der Waals surface area contributed by atoms with Crippen LogP contribution >= 0.6 is 11.8 Å². The lowest BCUT2D eigenvalue weighted by atomic mass is 10.1. The molecule has 0 bridgehead atoms. The minimum Gasteiger partial charge on any atom is -0.506 e. The van der Waals surface area contributed by atoms with Crippen molar-refractivity contribution in [3.8, 4) is 17.0 Å². The fraction of sp³-hybridized carbons (Fsp3) is 0.353. The Morgan fingerprint density at radius 2 is 1.65 bits per heavy atom. The van der Waals surface area contributed by atoms with Gasteiger partial charge in [0.2, 0.25) is 0 Å². The average Bonchev–Trinajstić information content (AvgIpc) is 3.13. The normalized spacial score (nSPS) is 19.9. The molecule has 0 amide bonds. The van der Waals surface area contributed by atoms with Crippen molar-refractivity contribution in [2.24, 2.45) is 11.8 Å². The molecule has 106 valence electrons. The van der Waals surface area contributed by atoms with Crippen molar-refractivity contribution in [2.45, 2.75) is 25.2 Å². The molecule has 3 rings (SSSR count). The summed E-state index contributed by atoms with van der Waals surface area (Å²) in [5.74, 6) is 2.30. The molecule has 20 heavy (non-hydrogen) atoms. The summed E-state index contributed by atoms with van der Waals surface area (Å²) < 4.78 is 0. The van der Waals surface area contributed by atoms with E-state index in [0.29, 0.717) is 0 Å². The van der Waals surface area contributed by atoms with E-state index in [-0.39, 0.29) is 5.75 Å². The second-order valence-corrected chi connectivity index (χ2v) is 6.20. The van der Waals surface area contributed by atoms with Crippen molar-refractivity contribution in [2.75, 3.05) is 6.26 Å². The van der Waals surface area contributed by atoms with Gasteiger partial charge in [0, 0.05) is 10.5 Å². The fourth-order valence-corrected chi connectivity index (χ4v) is 2.23. The quantitative estimate of drug-likeness (QED) is 0.802. The summed E-state index contributed by atoms with van der Waals surface area (Å²) in [6.07, 6.45) is 4.98. The van der Waals surface area contributed by atoms with E-state index in [2.05, 4.69) is 31.0 Å². The molecule has 1 aromatic heterocycles. The Balaban J connectivity index is 0.000000247. The van der Waals surface area contributed by atoms with E-state index in [0.717, 1.165) is 23.1 Å². The molecule has 1 heterocycles. The zero-order chi connectivity index (χ0) is 14.5. The molecule has 1 saturated carbocycles. The topological polar surface area (TPSA) is 33.1 Å². The van der Waals surface area contributed by atoms with Crippen LogP contribution in [-0.4, -0.2) is 16.3 Å². The Kier molecular flexibility index (Phi) is 5.07. The lowest BCUT2D eigenvalue weighted by Crippen LogP contribution is -1.82. The second kappa shape index (κ2) is 6.80. The van der Waals surface area contributed by atoms with Crippen LogP contribution in [0.2, 0.25) is 0 Å². The minimum absolute atomic E-state index is 0.194. The van der Waals surface area contributed by atoms with Crippen LogP contribution in [0.15, 0.2) is 47.5 Å². The molecular weight excluding hydrogens is 266 g/mol. The number of aromatic hydroxyl groups is 1. The van der Waals surface area contributed by atoms with Gasteiger partial charge in [0.05, 0.1) is 11.9 Å². The summed E-state index contributed by atoms with van der Waals surface area (Å²) in [7, 11) is 0. The van der Waals surface area contributed by atoms with Gasteiger partial charge >= 0.3 is 0 Å². The molecule has 1 fully saturated rings. The van der Waals surface area contributed by atoms with Gasteiger partial charge in [-0.15, -0.1) is 11.8 Å². The summed E-state index contributed by atoms with van der Waals surface area (Å²) in [5.41, 5.74) is 1.94. The van der Waals surface area contributed by atoms with Gasteiger partial charge in [0.15, 0.2) is 0 Å².